The second-order valence-corrected chi connectivity index (χ2v) is 22.8. The summed E-state index contributed by atoms with van der Waals surface area (Å²) in [5, 5.41) is 11.1. The van der Waals surface area contributed by atoms with E-state index in [2.05, 4.69) is 0 Å². The van der Waals surface area contributed by atoms with Gasteiger partial charge in [0.1, 0.15) is 48.5 Å². The number of likely N-dealkylation sites (N-methyl/N-ethyl adjacent to an activating group) is 4. The third-order valence-electron chi connectivity index (χ3n) is 16.2. The van der Waals surface area contributed by atoms with Crippen molar-refractivity contribution in [1.82, 2.24) is 29.4 Å². The molecule has 0 aromatic carbocycles. The smallest absolute Gasteiger partial charge is 0.329 e. The largest absolute Gasteiger partial charge is 0.462 e. The van der Waals surface area contributed by atoms with E-state index in [9.17, 15) is 48.3 Å². The number of carbonyl (C=O) groups is 9. The van der Waals surface area contributed by atoms with E-state index in [0.29, 0.717) is 56.9 Å². The van der Waals surface area contributed by atoms with Crippen molar-refractivity contribution in [1.29, 1.82) is 0 Å². The highest BCUT2D eigenvalue weighted by Gasteiger charge is 2.47. The number of ketones is 1. The van der Waals surface area contributed by atoms with Crippen LogP contribution in [0.2, 0.25) is 0 Å². The summed E-state index contributed by atoms with van der Waals surface area (Å²) in [4.78, 5) is 136. The van der Waals surface area contributed by atoms with Crippen LogP contribution in [0.5, 0.6) is 0 Å². The number of cyclic esters (lactones) is 2. The van der Waals surface area contributed by atoms with Gasteiger partial charge in [0.2, 0.25) is 35.4 Å². The molecular weight excluding hydrogens is 965 g/mol. The van der Waals surface area contributed by atoms with Crippen LogP contribution in [0.1, 0.15) is 147 Å². The number of carbonyl (C=O) groups excluding carboxylic acids is 9. The van der Waals surface area contributed by atoms with Gasteiger partial charge in [-0.25, -0.2) is 4.79 Å². The Morgan fingerprint density at radius 3 is 1.71 bits per heavy atom. The molecule has 0 spiro atoms. The van der Waals surface area contributed by atoms with Gasteiger partial charge >= 0.3 is 11.9 Å². The third kappa shape index (κ3) is 16.1. The summed E-state index contributed by atoms with van der Waals surface area (Å²) in [6.07, 6.45) is 2.58. The number of esters is 2. The molecule has 3 heterocycles. The number of ether oxygens (including phenoxy) is 3. The lowest BCUT2D eigenvalue weighted by atomic mass is 9.93. The number of rotatable bonds is 7. The summed E-state index contributed by atoms with van der Waals surface area (Å²) in [6.45, 7) is 21.8. The number of amides is 6. The first-order valence-electron chi connectivity index (χ1n) is 27.5. The van der Waals surface area contributed by atoms with Gasteiger partial charge in [-0.15, -0.1) is 0 Å². The van der Waals surface area contributed by atoms with Gasteiger partial charge in [-0.3, -0.25) is 38.4 Å². The second kappa shape index (κ2) is 29.0. The van der Waals surface area contributed by atoms with Crippen molar-refractivity contribution < 1.29 is 62.5 Å². The lowest BCUT2D eigenvalue weighted by molar-refractivity contribution is -0.163. The van der Waals surface area contributed by atoms with E-state index in [1.807, 2.05) is 48.5 Å². The summed E-state index contributed by atoms with van der Waals surface area (Å²) in [7, 11) is 7.36. The molecule has 0 bridgehead atoms. The SMILES string of the molecule is CC[C@H](C)[C@H]1C(=O)N(C)[C@@H](C(C)C)C(=O)N(C)[C@@H](COC)C(=O)N2CCC[C@H]2C(=O)N(C)[C@@H](C(C)C)C(=O)N2CCC[C@H]2C(=O)O[C@H](C(C)C)CCC[C@@H](O)[C@@H](C)C(=O)O[C@H](C)[C@@H](C)CC=C(C)C(=O)CC(=O)N1C. The zero-order chi connectivity index (χ0) is 56.9. The molecule has 75 heavy (non-hydrogen) atoms. The zero-order valence-electron chi connectivity index (χ0n) is 48.5. The fraction of sp³-hybridized carbons (Fsp3) is 0.804. The monoisotopic (exact) mass is 1060 g/mol. The molecule has 3 rings (SSSR count). The standard InChI is InChI=1S/C56H94N6O13/c1-18-35(8)49-53(69)60(16)47(33(4)5)52(68)57(13)42(31-73-17)51(67)61-28-20-22-40(61)50(66)59(15)48(34(6)7)54(70)62-29-21-23-41(62)56(72)75-45(32(2)3)25-19-24-43(63)38(11)55(71)74-39(12)36(9)26-27-37(10)44(64)30-46(65)58(49)14/h27,32-36,38-43,45,47-49,63H,18-26,28-31H2,1-17H3/t35-,36-,38+,39+,40-,41-,42-,43+,45-,47-,48-,49-/m0/s1. The van der Waals surface area contributed by atoms with Crippen molar-refractivity contribution in [2.75, 3.05) is 55.0 Å². The Balaban J connectivity index is 2.08. The highest BCUT2D eigenvalue weighted by molar-refractivity contribution is 6.07. The molecule has 0 radical (unpaired) electrons. The number of allylic oxidation sites excluding steroid dienone is 2. The number of aliphatic hydroxyl groups excluding tert-OH is 1. The highest BCUT2D eigenvalue weighted by atomic mass is 16.6. The molecule has 426 valence electrons. The maximum atomic E-state index is 14.8. The van der Waals surface area contributed by atoms with Crippen LogP contribution in [0.3, 0.4) is 0 Å². The van der Waals surface area contributed by atoms with Gasteiger partial charge in [0, 0.05) is 48.4 Å². The molecule has 12 atom stereocenters. The lowest BCUT2D eigenvalue weighted by Crippen LogP contribution is -2.62. The van der Waals surface area contributed by atoms with E-state index in [4.69, 9.17) is 14.2 Å². The van der Waals surface area contributed by atoms with Gasteiger partial charge in [0.25, 0.3) is 0 Å². The number of nitrogens with zero attached hydrogens (tertiary/aromatic N) is 6. The molecule has 3 aliphatic rings. The average Bonchev–Trinajstić information content (AvgIpc) is 4.06. The molecule has 6 amide bonds. The van der Waals surface area contributed by atoms with Crippen molar-refractivity contribution in [3.8, 4) is 0 Å². The van der Waals surface area contributed by atoms with Gasteiger partial charge in [-0.05, 0) is 107 Å². The fourth-order valence-corrected chi connectivity index (χ4v) is 10.6. The predicted octanol–water partition coefficient (Wildman–Crippen LogP) is 4.89. The van der Waals surface area contributed by atoms with E-state index in [1.165, 1.54) is 64.7 Å². The van der Waals surface area contributed by atoms with Crippen LogP contribution in [0, 0.1) is 35.5 Å². The van der Waals surface area contributed by atoms with Crippen molar-refractivity contribution in [3.05, 3.63) is 11.6 Å². The molecule has 1 N–H and O–H groups in total. The van der Waals surface area contributed by atoms with Crippen LogP contribution in [0.15, 0.2) is 11.6 Å². The normalized spacial score (nSPS) is 30.9. The summed E-state index contributed by atoms with van der Waals surface area (Å²) in [5.74, 6) is -7.14. The van der Waals surface area contributed by atoms with E-state index < -0.39 is 138 Å². The van der Waals surface area contributed by atoms with Gasteiger partial charge in [0.15, 0.2) is 5.78 Å². The molecule has 19 heteroatoms. The highest BCUT2D eigenvalue weighted by Crippen LogP contribution is 2.30. The Morgan fingerprint density at radius 1 is 0.627 bits per heavy atom. The zero-order valence-corrected chi connectivity index (χ0v) is 48.5. The quantitative estimate of drug-likeness (QED) is 0.266. The molecule has 3 aliphatic heterocycles. The van der Waals surface area contributed by atoms with Crippen LogP contribution in [0.25, 0.3) is 0 Å². The molecule has 0 unspecified atom stereocenters. The van der Waals surface area contributed by atoms with Crippen LogP contribution in [-0.4, -0.2) is 197 Å². The van der Waals surface area contributed by atoms with Crippen molar-refractivity contribution in [2.24, 2.45) is 35.5 Å². The van der Waals surface area contributed by atoms with E-state index >= 15 is 0 Å². The Bertz CT molecular complexity index is 2040. The number of aliphatic hydroxyl groups is 1. The molecule has 19 nitrogen and oxygen atoms in total. The predicted molar refractivity (Wildman–Crippen MR) is 283 cm³/mol. The minimum atomic E-state index is -1.21. The van der Waals surface area contributed by atoms with Gasteiger partial charge in [0.05, 0.1) is 25.0 Å². The minimum Gasteiger partial charge on any atom is -0.462 e. The summed E-state index contributed by atoms with van der Waals surface area (Å²) < 4.78 is 17.4. The van der Waals surface area contributed by atoms with Crippen LogP contribution < -0.4 is 0 Å². The molecule has 2 fully saturated rings. The molecule has 0 aromatic rings. The number of methoxy groups -OCH3 is 1. The first-order chi connectivity index (χ1) is 35.0. The Kier molecular flexibility index (Phi) is 24.9. The number of Topliss-reactive ketones (excluding diaryl/α,β-unsaturated/α-hetero) is 1. The fourth-order valence-electron chi connectivity index (χ4n) is 10.6. The van der Waals surface area contributed by atoms with E-state index in [1.54, 1.807) is 40.7 Å². The van der Waals surface area contributed by atoms with Crippen molar-refractivity contribution in [2.45, 2.75) is 202 Å². The Labute approximate surface area is 447 Å². The van der Waals surface area contributed by atoms with Crippen molar-refractivity contribution >= 4 is 53.2 Å². The molecule has 0 aliphatic carbocycles. The van der Waals surface area contributed by atoms with Crippen LogP contribution in [0.4, 0.5) is 0 Å². The summed E-state index contributed by atoms with van der Waals surface area (Å²) in [5.41, 5.74) is 0.326. The molecule has 2 saturated heterocycles. The topological polar surface area (TPSA) is 221 Å². The summed E-state index contributed by atoms with van der Waals surface area (Å²) in [6, 6.07) is -6.23. The first-order valence-corrected chi connectivity index (χ1v) is 27.5. The second-order valence-electron chi connectivity index (χ2n) is 22.8. The lowest BCUT2D eigenvalue weighted by Gasteiger charge is -2.41. The molecule has 0 saturated carbocycles. The van der Waals surface area contributed by atoms with Gasteiger partial charge < -0.3 is 48.7 Å². The average molecular weight is 1060 g/mol. The van der Waals surface area contributed by atoms with Crippen LogP contribution in [-0.2, 0) is 57.4 Å². The molecular formula is C56H94N6O13. The third-order valence-corrected chi connectivity index (χ3v) is 16.2. The van der Waals surface area contributed by atoms with E-state index in [-0.39, 0.29) is 38.0 Å². The van der Waals surface area contributed by atoms with Crippen LogP contribution >= 0.6 is 0 Å². The van der Waals surface area contributed by atoms with E-state index in [0.717, 1.165) is 0 Å². The van der Waals surface area contributed by atoms with Gasteiger partial charge in [-0.1, -0.05) is 74.8 Å². The number of fused-ring (bicyclic) bond motifs is 2. The summed E-state index contributed by atoms with van der Waals surface area (Å²) >= 11 is 0. The Hall–Kier alpha value is -4.91. The Morgan fingerprint density at radius 2 is 1.16 bits per heavy atom. The number of hydrogen-bond acceptors (Lipinski definition) is 13. The minimum absolute atomic E-state index is 0.104. The maximum Gasteiger partial charge on any atom is 0.329 e. The molecule has 0 aromatic heterocycles. The first kappa shape index (κ1) is 64.4. The van der Waals surface area contributed by atoms with Gasteiger partial charge in [-0.2, -0.15) is 0 Å². The number of hydrogen-bond donors (Lipinski definition) is 1. The van der Waals surface area contributed by atoms with Crippen molar-refractivity contribution in [3.63, 3.8) is 0 Å². The maximum absolute atomic E-state index is 14.8.